The Morgan fingerprint density at radius 1 is 1.32 bits per heavy atom. The van der Waals surface area contributed by atoms with Gasteiger partial charge in [0.25, 0.3) is 0 Å². The molecule has 0 aliphatic carbocycles. The van der Waals surface area contributed by atoms with Crippen LogP contribution in [0.15, 0.2) is 18.2 Å². The Balaban J connectivity index is 2.01. The summed E-state index contributed by atoms with van der Waals surface area (Å²) in [6.07, 6.45) is -0.141. The maximum Gasteiger partial charge on any atom is 0.321 e. The molecular weight excluding hydrogens is 329 g/mol. The van der Waals surface area contributed by atoms with Crippen LogP contribution in [0.4, 0.5) is 5.69 Å². The molecule has 1 heterocycles. The number of halogens is 2. The molecule has 1 unspecified atom stereocenters. The van der Waals surface area contributed by atoms with Crippen LogP contribution < -0.4 is 10.6 Å². The Labute approximate surface area is 138 Å². The van der Waals surface area contributed by atoms with Crippen LogP contribution in [-0.2, 0) is 9.59 Å². The van der Waals surface area contributed by atoms with Gasteiger partial charge in [0.2, 0.25) is 5.91 Å². The van der Waals surface area contributed by atoms with Crippen molar-refractivity contribution in [3.63, 3.8) is 0 Å². The molecule has 0 bridgehead atoms. The topological polar surface area (TPSA) is 81.7 Å². The molecular formula is C14H17Cl2N3O3. The Morgan fingerprint density at radius 2 is 2.00 bits per heavy atom. The number of nitrogens with zero attached hydrogens (tertiary/aromatic N) is 1. The summed E-state index contributed by atoms with van der Waals surface area (Å²) in [5.41, 5.74) is 0.378. The molecule has 0 radical (unpaired) electrons. The number of carbonyl (C=O) groups excluding carboxylic acids is 1. The molecule has 22 heavy (non-hydrogen) atoms. The van der Waals surface area contributed by atoms with E-state index in [4.69, 9.17) is 23.2 Å². The first kappa shape index (κ1) is 17.0. The molecule has 1 aliphatic heterocycles. The molecule has 1 aromatic rings. The highest BCUT2D eigenvalue weighted by molar-refractivity contribution is 6.35. The van der Waals surface area contributed by atoms with Crippen molar-refractivity contribution >= 4 is 40.8 Å². The largest absolute Gasteiger partial charge is 0.480 e. The number of carboxylic acids is 1. The molecule has 0 saturated carbocycles. The van der Waals surface area contributed by atoms with Gasteiger partial charge < -0.3 is 15.7 Å². The molecule has 1 aliphatic rings. The first-order valence-electron chi connectivity index (χ1n) is 6.90. The maximum absolute atomic E-state index is 12.1. The second-order valence-electron chi connectivity index (χ2n) is 5.02. The number of carbonyl (C=O) groups is 2. The Kier molecular flexibility index (Phi) is 6.02. The van der Waals surface area contributed by atoms with Gasteiger partial charge >= 0.3 is 5.97 Å². The maximum atomic E-state index is 12.1. The number of amides is 1. The van der Waals surface area contributed by atoms with E-state index in [2.05, 4.69) is 10.6 Å². The zero-order valence-electron chi connectivity index (χ0n) is 11.8. The van der Waals surface area contributed by atoms with Crippen LogP contribution in [0.1, 0.15) is 6.42 Å². The van der Waals surface area contributed by atoms with Gasteiger partial charge in [-0.25, -0.2) is 0 Å². The SMILES string of the molecule is O=C(CC(C(=O)O)N1CCNCC1)Nc1cc(Cl)ccc1Cl. The number of rotatable bonds is 5. The first-order valence-corrected chi connectivity index (χ1v) is 7.65. The van der Waals surface area contributed by atoms with E-state index < -0.39 is 17.9 Å². The van der Waals surface area contributed by atoms with E-state index in [-0.39, 0.29) is 6.42 Å². The lowest BCUT2D eigenvalue weighted by molar-refractivity contribution is -0.145. The van der Waals surface area contributed by atoms with E-state index in [1.54, 1.807) is 17.0 Å². The predicted molar refractivity (Wildman–Crippen MR) is 85.6 cm³/mol. The van der Waals surface area contributed by atoms with Crippen LogP contribution in [0.25, 0.3) is 0 Å². The Morgan fingerprint density at radius 3 is 2.64 bits per heavy atom. The third-order valence-electron chi connectivity index (χ3n) is 3.46. The van der Waals surface area contributed by atoms with Crippen LogP contribution in [-0.4, -0.2) is 54.1 Å². The summed E-state index contributed by atoms with van der Waals surface area (Å²) < 4.78 is 0. The van der Waals surface area contributed by atoms with Crippen LogP contribution in [0, 0.1) is 0 Å². The van der Waals surface area contributed by atoms with Crippen molar-refractivity contribution in [2.24, 2.45) is 0 Å². The fraction of sp³-hybridized carbons (Fsp3) is 0.429. The highest BCUT2D eigenvalue weighted by Gasteiger charge is 2.29. The van der Waals surface area contributed by atoms with E-state index in [0.29, 0.717) is 41.9 Å². The van der Waals surface area contributed by atoms with E-state index in [0.717, 1.165) is 0 Å². The van der Waals surface area contributed by atoms with Crippen molar-refractivity contribution in [1.82, 2.24) is 10.2 Å². The lowest BCUT2D eigenvalue weighted by Gasteiger charge is -2.32. The van der Waals surface area contributed by atoms with Crippen molar-refractivity contribution < 1.29 is 14.7 Å². The fourth-order valence-electron chi connectivity index (χ4n) is 2.34. The third-order valence-corrected chi connectivity index (χ3v) is 4.02. The van der Waals surface area contributed by atoms with Gasteiger partial charge in [-0.2, -0.15) is 0 Å². The molecule has 2 rings (SSSR count). The summed E-state index contributed by atoms with van der Waals surface area (Å²) in [5.74, 6) is -1.41. The molecule has 120 valence electrons. The zero-order valence-corrected chi connectivity index (χ0v) is 13.3. The van der Waals surface area contributed by atoms with Crippen LogP contribution in [0.3, 0.4) is 0 Å². The standard InChI is InChI=1S/C14H17Cl2N3O3/c15-9-1-2-10(16)11(7-9)18-13(20)8-12(14(21)22)19-5-3-17-4-6-19/h1-2,7,12,17H,3-6,8H2,(H,18,20)(H,21,22). The predicted octanol–water partition coefficient (Wildman–Crippen LogP) is 1.68. The van der Waals surface area contributed by atoms with Crippen molar-refractivity contribution in [2.45, 2.75) is 12.5 Å². The molecule has 3 N–H and O–H groups in total. The molecule has 0 spiro atoms. The molecule has 8 heteroatoms. The van der Waals surface area contributed by atoms with Gasteiger partial charge in [0.1, 0.15) is 6.04 Å². The molecule has 1 saturated heterocycles. The number of carboxylic acid groups (broad SMARTS) is 1. The number of anilines is 1. The van der Waals surface area contributed by atoms with Gasteiger partial charge in [0, 0.05) is 31.2 Å². The molecule has 1 atom stereocenters. The molecule has 0 aromatic heterocycles. The smallest absolute Gasteiger partial charge is 0.321 e. The lowest BCUT2D eigenvalue weighted by atomic mass is 10.1. The van der Waals surface area contributed by atoms with Gasteiger partial charge in [-0.15, -0.1) is 0 Å². The summed E-state index contributed by atoms with van der Waals surface area (Å²) >= 11 is 11.8. The van der Waals surface area contributed by atoms with Crippen molar-refractivity contribution in [1.29, 1.82) is 0 Å². The van der Waals surface area contributed by atoms with E-state index in [9.17, 15) is 14.7 Å². The number of nitrogens with one attached hydrogen (secondary N) is 2. The summed E-state index contributed by atoms with van der Waals surface area (Å²) in [5, 5.41) is 15.9. The number of piperazine rings is 1. The summed E-state index contributed by atoms with van der Waals surface area (Å²) in [4.78, 5) is 25.3. The minimum Gasteiger partial charge on any atom is -0.480 e. The molecule has 6 nitrogen and oxygen atoms in total. The number of aliphatic carboxylic acids is 1. The third kappa shape index (κ3) is 4.58. The van der Waals surface area contributed by atoms with Gasteiger partial charge in [-0.1, -0.05) is 23.2 Å². The summed E-state index contributed by atoms with van der Waals surface area (Å²) in [6, 6.07) is 3.87. The van der Waals surface area contributed by atoms with Gasteiger partial charge in [-0.3, -0.25) is 14.5 Å². The Bertz CT molecular complexity index is 562. The highest BCUT2D eigenvalue weighted by atomic mass is 35.5. The van der Waals surface area contributed by atoms with E-state index in [1.165, 1.54) is 6.07 Å². The average molecular weight is 346 g/mol. The van der Waals surface area contributed by atoms with E-state index >= 15 is 0 Å². The van der Waals surface area contributed by atoms with E-state index in [1.807, 2.05) is 0 Å². The minimum atomic E-state index is -1.01. The van der Waals surface area contributed by atoms with Gasteiger partial charge in [-0.05, 0) is 18.2 Å². The number of hydrogen-bond acceptors (Lipinski definition) is 4. The second kappa shape index (κ2) is 7.78. The van der Waals surface area contributed by atoms with Crippen LogP contribution in [0.2, 0.25) is 10.0 Å². The van der Waals surface area contributed by atoms with Crippen LogP contribution in [0.5, 0.6) is 0 Å². The highest BCUT2D eigenvalue weighted by Crippen LogP contribution is 2.25. The fourth-order valence-corrected chi connectivity index (χ4v) is 2.67. The summed E-state index contributed by atoms with van der Waals surface area (Å²) in [7, 11) is 0. The second-order valence-corrected chi connectivity index (χ2v) is 5.86. The minimum absolute atomic E-state index is 0.141. The normalized spacial score (nSPS) is 17.0. The van der Waals surface area contributed by atoms with Crippen molar-refractivity contribution in [3.05, 3.63) is 28.2 Å². The number of hydrogen-bond donors (Lipinski definition) is 3. The first-order chi connectivity index (χ1) is 10.5. The molecule has 1 aromatic carbocycles. The van der Waals surface area contributed by atoms with Gasteiger partial charge in [0.05, 0.1) is 17.1 Å². The van der Waals surface area contributed by atoms with Crippen LogP contribution >= 0.6 is 23.2 Å². The quantitative estimate of drug-likeness (QED) is 0.756. The lowest BCUT2D eigenvalue weighted by Crippen LogP contribution is -2.52. The monoisotopic (exact) mass is 345 g/mol. The average Bonchev–Trinajstić information content (AvgIpc) is 2.49. The molecule has 1 amide bonds. The van der Waals surface area contributed by atoms with Crippen molar-refractivity contribution in [3.8, 4) is 0 Å². The van der Waals surface area contributed by atoms with Crippen molar-refractivity contribution in [2.75, 3.05) is 31.5 Å². The summed E-state index contributed by atoms with van der Waals surface area (Å²) in [6.45, 7) is 2.63. The van der Waals surface area contributed by atoms with Gasteiger partial charge in [0.15, 0.2) is 0 Å². The zero-order chi connectivity index (χ0) is 16.1. The number of benzene rings is 1. The molecule has 1 fully saturated rings. The Hall–Kier alpha value is -1.34.